The van der Waals surface area contributed by atoms with Crippen molar-refractivity contribution in [2.24, 2.45) is 11.8 Å². The van der Waals surface area contributed by atoms with Crippen LogP contribution in [-0.4, -0.2) is 17.0 Å². The van der Waals surface area contributed by atoms with E-state index in [1.807, 2.05) is 24.3 Å². The quantitative estimate of drug-likeness (QED) is 0.767. The highest BCUT2D eigenvalue weighted by Crippen LogP contribution is 2.16. The molecule has 4 heteroatoms. The third-order valence-electron chi connectivity index (χ3n) is 3.27. The van der Waals surface area contributed by atoms with E-state index in [1.165, 1.54) is 0 Å². The zero-order valence-electron chi connectivity index (χ0n) is 13.1. The average molecular weight is 291 g/mol. The number of nitrogens with one attached hydrogen (secondary N) is 1. The van der Waals surface area contributed by atoms with Crippen molar-refractivity contribution in [3.8, 4) is 0 Å². The second-order valence-corrected chi connectivity index (χ2v) is 6.08. The zero-order chi connectivity index (χ0) is 15.8. The van der Waals surface area contributed by atoms with E-state index in [9.17, 15) is 9.59 Å². The smallest absolute Gasteiger partial charge is 0.303 e. The van der Waals surface area contributed by atoms with Gasteiger partial charge in [0.15, 0.2) is 0 Å². The highest BCUT2D eigenvalue weighted by molar-refractivity contribution is 5.90. The number of hydrogen-bond acceptors (Lipinski definition) is 2. The van der Waals surface area contributed by atoms with Gasteiger partial charge in [0.05, 0.1) is 0 Å². The minimum Gasteiger partial charge on any atom is -0.481 e. The summed E-state index contributed by atoms with van der Waals surface area (Å²) in [5.41, 5.74) is 1.72. The van der Waals surface area contributed by atoms with Crippen molar-refractivity contribution in [2.75, 3.05) is 5.32 Å². The lowest BCUT2D eigenvalue weighted by Crippen LogP contribution is -2.16. The molecule has 0 saturated heterocycles. The molecule has 1 aromatic rings. The Labute approximate surface area is 126 Å². The lowest BCUT2D eigenvalue weighted by Gasteiger charge is -2.13. The predicted octanol–water partition coefficient (Wildman–Crippen LogP) is 3.71. The van der Waals surface area contributed by atoms with Gasteiger partial charge in [0.1, 0.15) is 0 Å². The van der Waals surface area contributed by atoms with Crippen LogP contribution in [0, 0.1) is 11.8 Å². The Bertz CT molecular complexity index is 465. The lowest BCUT2D eigenvalue weighted by molar-refractivity contribution is -0.137. The van der Waals surface area contributed by atoms with E-state index < -0.39 is 5.97 Å². The summed E-state index contributed by atoms with van der Waals surface area (Å²) in [6.07, 6.45) is 2.20. The standard InChI is InChI=1S/C17H25NO3/c1-12(2)10-13(3)11-16(19)18-15-7-4-14(5-8-15)6-9-17(20)21/h4-5,7-8,12-13H,6,9-11H2,1-3H3,(H,18,19)(H,20,21). The maximum Gasteiger partial charge on any atom is 0.303 e. The van der Waals surface area contributed by atoms with Crippen LogP contribution in [0.1, 0.15) is 45.6 Å². The molecule has 0 saturated carbocycles. The minimum atomic E-state index is -0.800. The van der Waals surface area contributed by atoms with Crippen LogP contribution in [0.2, 0.25) is 0 Å². The molecule has 0 fully saturated rings. The molecule has 116 valence electrons. The molecule has 1 aromatic carbocycles. The molecule has 1 atom stereocenters. The number of aryl methyl sites for hydroxylation is 1. The van der Waals surface area contributed by atoms with Crippen LogP contribution in [0.4, 0.5) is 5.69 Å². The fraction of sp³-hybridized carbons (Fsp3) is 0.529. The van der Waals surface area contributed by atoms with E-state index in [0.29, 0.717) is 24.7 Å². The van der Waals surface area contributed by atoms with Crippen molar-refractivity contribution in [1.82, 2.24) is 0 Å². The fourth-order valence-electron chi connectivity index (χ4n) is 2.42. The molecule has 0 aliphatic carbocycles. The molecule has 0 aromatic heterocycles. The second kappa shape index (κ2) is 8.45. The first kappa shape index (κ1) is 17.2. The fourth-order valence-corrected chi connectivity index (χ4v) is 2.42. The topological polar surface area (TPSA) is 66.4 Å². The second-order valence-electron chi connectivity index (χ2n) is 6.08. The number of carbonyl (C=O) groups excluding carboxylic acids is 1. The summed E-state index contributed by atoms with van der Waals surface area (Å²) < 4.78 is 0. The number of aliphatic carboxylic acids is 1. The summed E-state index contributed by atoms with van der Waals surface area (Å²) in [4.78, 5) is 22.4. The predicted molar refractivity (Wildman–Crippen MR) is 84.3 cm³/mol. The van der Waals surface area contributed by atoms with Crippen LogP contribution in [-0.2, 0) is 16.0 Å². The Morgan fingerprint density at radius 2 is 1.76 bits per heavy atom. The van der Waals surface area contributed by atoms with E-state index in [1.54, 1.807) is 0 Å². The van der Waals surface area contributed by atoms with E-state index in [2.05, 4.69) is 26.1 Å². The van der Waals surface area contributed by atoms with Gasteiger partial charge >= 0.3 is 5.97 Å². The number of amides is 1. The van der Waals surface area contributed by atoms with Crippen LogP contribution >= 0.6 is 0 Å². The summed E-state index contributed by atoms with van der Waals surface area (Å²) >= 11 is 0. The largest absolute Gasteiger partial charge is 0.481 e. The monoisotopic (exact) mass is 291 g/mol. The van der Waals surface area contributed by atoms with Crippen molar-refractivity contribution in [3.63, 3.8) is 0 Å². The highest BCUT2D eigenvalue weighted by Gasteiger charge is 2.11. The first-order valence-corrected chi connectivity index (χ1v) is 7.47. The van der Waals surface area contributed by atoms with E-state index in [4.69, 9.17) is 5.11 Å². The first-order valence-electron chi connectivity index (χ1n) is 7.47. The SMILES string of the molecule is CC(C)CC(C)CC(=O)Nc1ccc(CCC(=O)O)cc1. The molecule has 0 radical (unpaired) electrons. The summed E-state index contributed by atoms with van der Waals surface area (Å²) in [7, 11) is 0. The van der Waals surface area contributed by atoms with Crippen LogP contribution < -0.4 is 5.32 Å². The average Bonchev–Trinajstić information content (AvgIpc) is 2.36. The third-order valence-corrected chi connectivity index (χ3v) is 3.27. The molecular weight excluding hydrogens is 266 g/mol. The number of carboxylic acid groups (broad SMARTS) is 1. The van der Waals surface area contributed by atoms with Crippen molar-refractivity contribution in [1.29, 1.82) is 0 Å². The first-order chi connectivity index (χ1) is 9.86. The molecule has 21 heavy (non-hydrogen) atoms. The number of carbonyl (C=O) groups is 2. The minimum absolute atomic E-state index is 0.0291. The molecule has 1 rings (SSSR count). The van der Waals surface area contributed by atoms with E-state index >= 15 is 0 Å². The Balaban J connectivity index is 2.44. The number of carboxylic acids is 1. The van der Waals surface area contributed by atoms with Crippen LogP contribution in [0.3, 0.4) is 0 Å². The Hall–Kier alpha value is -1.84. The zero-order valence-corrected chi connectivity index (χ0v) is 13.1. The number of benzene rings is 1. The maximum absolute atomic E-state index is 11.9. The van der Waals surface area contributed by atoms with Gasteiger partial charge in [-0.2, -0.15) is 0 Å². The van der Waals surface area contributed by atoms with Gasteiger partial charge in [0.2, 0.25) is 5.91 Å². The molecule has 1 amide bonds. The highest BCUT2D eigenvalue weighted by atomic mass is 16.4. The summed E-state index contributed by atoms with van der Waals surface area (Å²) in [5, 5.41) is 11.5. The Morgan fingerprint density at radius 1 is 1.14 bits per heavy atom. The van der Waals surface area contributed by atoms with Crippen molar-refractivity contribution in [3.05, 3.63) is 29.8 Å². The summed E-state index contributed by atoms with van der Waals surface area (Å²) in [6.45, 7) is 6.41. The van der Waals surface area contributed by atoms with Crippen LogP contribution in [0.25, 0.3) is 0 Å². The lowest BCUT2D eigenvalue weighted by atomic mass is 9.96. The summed E-state index contributed by atoms with van der Waals surface area (Å²) in [5.74, 6) is 0.203. The van der Waals surface area contributed by atoms with Crippen molar-refractivity contribution < 1.29 is 14.7 Å². The van der Waals surface area contributed by atoms with Gasteiger partial charge < -0.3 is 10.4 Å². The van der Waals surface area contributed by atoms with Gasteiger partial charge in [-0.25, -0.2) is 0 Å². The molecule has 2 N–H and O–H groups in total. The molecule has 4 nitrogen and oxygen atoms in total. The van der Waals surface area contributed by atoms with Crippen LogP contribution in [0.5, 0.6) is 0 Å². The van der Waals surface area contributed by atoms with Gasteiger partial charge in [-0.05, 0) is 42.4 Å². The van der Waals surface area contributed by atoms with Crippen molar-refractivity contribution in [2.45, 2.75) is 46.5 Å². The number of rotatable bonds is 8. The Morgan fingerprint density at radius 3 is 2.29 bits per heavy atom. The van der Waals surface area contributed by atoms with Crippen molar-refractivity contribution >= 4 is 17.6 Å². The molecule has 1 unspecified atom stereocenters. The van der Waals surface area contributed by atoms with Crippen LogP contribution in [0.15, 0.2) is 24.3 Å². The van der Waals surface area contributed by atoms with Gasteiger partial charge in [0.25, 0.3) is 0 Å². The van der Waals surface area contributed by atoms with Gasteiger partial charge in [-0.15, -0.1) is 0 Å². The number of hydrogen-bond donors (Lipinski definition) is 2. The van der Waals surface area contributed by atoms with Gasteiger partial charge in [-0.3, -0.25) is 9.59 Å². The normalized spacial score (nSPS) is 12.2. The summed E-state index contributed by atoms with van der Waals surface area (Å²) in [6, 6.07) is 7.36. The molecule has 0 bridgehead atoms. The molecule has 0 spiro atoms. The van der Waals surface area contributed by atoms with E-state index in [0.717, 1.165) is 17.7 Å². The van der Waals surface area contributed by atoms with E-state index in [-0.39, 0.29) is 12.3 Å². The van der Waals surface area contributed by atoms with Gasteiger partial charge in [0, 0.05) is 18.5 Å². The molecular formula is C17H25NO3. The molecule has 0 aliphatic heterocycles. The number of anilines is 1. The van der Waals surface area contributed by atoms with Gasteiger partial charge in [-0.1, -0.05) is 32.9 Å². The Kier molecular flexibility index (Phi) is 6.92. The third kappa shape index (κ3) is 7.49. The maximum atomic E-state index is 11.9. The molecule has 0 heterocycles. The molecule has 0 aliphatic rings.